The summed E-state index contributed by atoms with van der Waals surface area (Å²) in [5.41, 5.74) is 8.14. The van der Waals surface area contributed by atoms with Crippen molar-refractivity contribution in [2.75, 3.05) is 0 Å². The molecule has 1 saturated carbocycles. The van der Waals surface area contributed by atoms with E-state index in [2.05, 4.69) is 6.07 Å². The van der Waals surface area contributed by atoms with Gasteiger partial charge in [0.2, 0.25) is 0 Å². The van der Waals surface area contributed by atoms with Gasteiger partial charge < -0.3 is 15.6 Å². The predicted octanol–water partition coefficient (Wildman–Crippen LogP) is 2.31. The maximum atomic E-state index is 9.78. The molecule has 3 unspecified atom stereocenters. The zero-order chi connectivity index (χ0) is 12.4. The van der Waals surface area contributed by atoms with Crippen LogP contribution < -0.4 is 10.5 Å². The second-order valence-corrected chi connectivity index (χ2v) is 4.98. The standard InChI is InChI=1S/C14H21NO2/c1-9-6-7-13(11(8-9)10(2)15)17-14-5-3-4-12(14)16/h6-8,10,12,14,16H,3-5,15H2,1-2H3. The second-order valence-electron chi connectivity index (χ2n) is 4.98. The molecule has 0 radical (unpaired) electrons. The van der Waals surface area contributed by atoms with E-state index in [1.54, 1.807) is 0 Å². The van der Waals surface area contributed by atoms with Crippen LogP contribution in [-0.2, 0) is 0 Å². The van der Waals surface area contributed by atoms with Gasteiger partial charge in [0.1, 0.15) is 11.9 Å². The van der Waals surface area contributed by atoms with E-state index in [0.717, 1.165) is 30.6 Å². The van der Waals surface area contributed by atoms with Crippen molar-refractivity contribution >= 4 is 0 Å². The molecule has 0 saturated heterocycles. The van der Waals surface area contributed by atoms with Crippen molar-refractivity contribution in [1.29, 1.82) is 0 Å². The summed E-state index contributed by atoms with van der Waals surface area (Å²) in [4.78, 5) is 0. The molecule has 3 nitrogen and oxygen atoms in total. The Hall–Kier alpha value is -1.06. The highest BCUT2D eigenvalue weighted by molar-refractivity contribution is 5.39. The van der Waals surface area contributed by atoms with E-state index in [9.17, 15) is 5.11 Å². The third kappa shape index (κ3) is 2.79. The minimum Gasteiger partial charge on any atom is -0.487 e. The van der Waals surface area contributed by atoms with Gasteiger partial charge in [0, 0.05) is 11.6 Å². The Morgan fingerprint density at radius 1 is 1.41 bits per heavy atom. The number of aryl methyl sites for hydroxylation is 1. The summed E-state index contributed by atoms with van der Waals surface area (Å²) < 4.78 is 5.90. The molecule has 0 heterocycles. The van der Waals surface area contributed by atoms with E-state index < -0.39 is 0 Å². The van der Waals surface area contributed by atoms with Crippen LogP contribution in [0.3, 0.4) is 0 Å². The van der Waals surface area contributed by atoms with E-state index in [4.69, 9.17) is 10.5 Å². The Bertz CT molecular complexity index is 390. The zero-order valence-corrected chi connectivity index (χ0v) is 10.5. The molecule has 0 amide bonds. The summed E-state index contributed by atoms with van der Waals surface area (Å²) in [7, 11) is 0. The van der Waals surface area contributed by atoms with Gasteiger partial charge in [-0.1, -0.05) is 17.7 Å². The van der Waals surface area contributed by atoms with Gasteiger partial charge >= 0.3 is 0 Å². The molecular formula is C14H21NO2. The number of hydrogen-bond donors (Lipinski definition) is 2. The van der Waals surface area contributed by atoms with Gasteiger partial charge in [-0.3, -0.25) is 0 Å². The molecule has 0 bridgehead atoms. The van der Waals surface area contributed by atoms with Crippen LogP contribution in [-0.4, -0.2) is 17.3 Å². The minimum absolute atomic E-state index is 0.0524. The lowest BCUT2D eigenvalue weighted by atomic mass is 10.0. The molecule has 1 aromatic carbocycles. The van der Waals surface area contributed by atoms with Crippen LogP contribution in [0.25, 0.3) is 0 Å². The normalized spacial score (nSPS) is 25.9. The SMILES string of the molecule is Cc1ccc(OC2CCCC2O)c(C(C)N)c1. The molecule has 1 aliphatic carbocycles. The summed E-state index contributed by atoms with van der Waals surface area (Å²) in [6.45, 7) is 3.99. The molecule has 1 fully saturated rings. The second kappa shape index (κ2) is 5.07. The lowest BCUT2D eigenvalue weighted by Gasteiger charge is -2.21. The van der Waals surface area contributed by atoms with Crippen LogP contribution in [0.15, 0.2) is 18.2 Å². The summed E-state index contributed by atoms with van der Waals surface area (Å²) in [5.74, 6) is 0.816. The average Bonchev–Trinajstić information content (AvgIpc) is 2.67. The quantitative estimate of drug-likeness (QED) is 0.845. The van der Waals surface area contributed by atoms with E-state index in [-0.39, 0.29) is 18.2 Å². The maximum absolute atomic E-state index is 9.78. The maximum Gasteiger partial charge on any atom is 0.124 e. The van der Waals surface area contributed by atoms with Gasteiger partial charge in [-0.05, 0) is 39.2 Å². The Kier molecular flexibility index (Phi) is 3.69. The molecule has 0 aromatic heterocycles. The number of aliphatic hydroxyl groups is 1. The van der Waals surface area contributed by atoms with Gasteiger partial charge in [0.25, 0.3) is 0 Å². The van der Waals surface area contributed by atoms with Gasteiger partial charge in [0.05, 0.1) is 6.10 Å². The molecule has 94 valence electrons. The number of aliphatic hydroxyl groups excluding tert-OH is 1. The fourth-order valence-corrected chi connectivity index (χ4v) is 2.34. The summed E-state index contributed by atoms with van der Waals surface area (Å²) in [5, 5.41) is 9.78. The van der Waals surface area contributed by atoms with Gasteiger partial charge in [-0.15, -0.1) is 0 Å². The van der Waals surface area contributed by atoms with Crippen LogP contribution >= 0.6 is 0 Å². The topological polar surface area (TPSA) is 55.5 Å². The molecule has 3 heteroatoms. The molecule has 2 rings (SSSR count). The molecule has 3 N–H and O–H groups in total. The first-order valence-corrected chi connectivity index (χ1v) is 6.29. The highest BCUT2D eigenvalue weighted by atomic mass is 16.5. The van der Waals surface area contributed by atoms with Crippen molar-refractivity contribution in [2.24, 2.45) is 5.73 Å². The van der Waals surface area contributed by atoms with Gasteiger partial charge in [0.15, 0.2) is 0 Å². The number of ether oxygens (including phenoxy) is 1. The molecular weight excluding hydrogens is 214 g/mol. The third-order valence-electron chi connectivity index (χ3n) is 3.35. The highest BCUT2D eigenvalue weighted by Gasteiger charge is 2.27. The highest BCUT2D eigenvalue weighted by Crippen LogP contribution is 2.30. The van der Waals surface area contributed by atoms with Crippen molar-refractivity contribution in [1.82, 2.24) is 0 Å². The first-order valence-electron chi connectivity index (χ1n) is 6.29. The van der Waals surface area contributed by atoms with Crippen LogP contribution in [0.1, 0.15) is 43.4 Å². The van der Waals surface area contributed by atoms with Crippen molar-refractivity contribution in [3.05, 3.63) is 29.3 Å². The number of hydrogen-bond acceptors (Lipinski definition) is 3. The Morgan fingerprint density at radius 3 is 2.76 bits per heavy atom. The Balaban J connectivity index is 2.19. The van der Waals surface area contributed by atoms with Crippen LogP contribution in [0.5, 0.6) is 5.75 Å². The lowest BCUT2D eigenvalue weighted by Crippen LogP contribution is -2.26. The van der Waals surface area contributed by atoms with Crippen LogP contribution in [0.4, 0.5) is 0 Å². The molecule has 3 atom stereocenters. The van der Waals surface area contributed by atoms with Crippen molar-refractivity contribution in [3.8, 4) is 5.75 Å². The minimum atomic E-state index is -0.336. The number of benzene rings is 1. The lowest BCUT2D eigenvalue weighted by molar-refractivity contribution is 0.0596. The Labute approximate surface area is 103 Å². The summed E-state index contributed by atoms with van der Waals surface area (Å²) in [6, 6.07) is 5.98. The fraction of sp³-hybridized carbons (Fsp3) is 0.571. The van der Waals surface area contributed by atoms with E-state index in [1.165, 1.54) is 5.56 Å². The Morgan fingerprint density at radius 2 is 2.18 bits per heavy atom. The van der Waals surface area contributed by atoms with Gasteiger partial charge in [-0.2, -0.15) is 0 Å². The van der Waals surface area contributed by atoms with Crippen LogP contribution in [0, 0.1) is 6.92 Å². The smallest absolute Gasteiger partial charge is 0.124 e. The molecule has 0 aliphatic heterocycles. The summed E-state index contributed by atoms with van der Waals surface area (Å²) >= 11 is 0. The van der Waals surface area contributed by atoms with E-state index in [0.29, 0.717) is 0 Å². The fourth-order valence-electron chi connectivity index (χ4n) is 2.34. The monoisotopic (exact) mass is 235 g/mol. The average molecular weight is 235 g/mol. The van der Waals surface area contributed by atoms with E-state index >= 15 is 0 Å². The van der Waals surface area contributed by atoms with Crippen molar-refractivity contribution in [2.45, 2.75) is 51.4 Å². The van der Waals surface area contributed by atoms with Crippen molar-refractivity contribution < 1.29 is 9.84 Å². The number of nitrogens with two attached hydrogens (primary N) is 1. The van der Waals surface area contributed by atoms with Crippen LogP contribution in [0.2, 0.25) is 0 Å². The first kappa shape index (κ1) is 12.4. The third-order valence-corrected chi connectivity index (χ3v) is 3.35. The first-order chi connectivity index (χ1) is 8.08. The van der Waals surface area contributed by atoms with Crippen molar-refractivity contribution in [3.63, 3.8) is 0 Å². The molecule has 1 aliphatic rings. The molecule has 0 spiro atoms. The molecule has 17 heavy (non-hydrogen) atoms. The largest absolute Gasteiger partial charge is 0.487 e. The zero-order valence-electron chi connectivity index (χ0n) is 10.5. The molecule has 1 aromatic rings. The predicted molar refractivity (Wildman–Crippen MR) is 68.1 cm³/mol. The summed E-state index contributed by atoms with van der Waals surface area (Å²) in [6.07, 6.45) is 2.38. The van der Waals surface area contributed by atoms with E-state index in [1.807, 2.05) is 26.0 Å². The van der Waals surface area contributed by atoms with Gasteiger partial charge in [-0.25, -0.2) is 0 Å². The number of rotatable bonds is 3.